The number of aromatic carboxylic acids is 1. The highest BCUT2D eigenvalue weighted by molar-refractivity contribution is 7.89. The van der Waals surface area contributed by atoms with Crippen molar-refractivity contribution in [3.05, 3.63) is 70.3 Å². The molecule has 0 unspecified atom stereocenters. The van der Waals surface area contributed by atoms with Crippen LogP contribution in [0.3, 0.4) is 0 Å². The molecule has 2 aliphatic carbocycles. The number of nitrogens with two attached hydrogens (primary N) is 1. The Morgan fingerprint density at radius 1 is 1.26 bits per heavy atom. The number of rotatable bonds is 9. The van der Waals surface area contributed by atoms with E-state index in [9.17, 15) is 23.4 Å². The predicted octanol–water partition coefficient (Wildman–Crippen LogP) is 5.16. The van der Waals surface area contributed by atoms with Gasteiger partial charge in [0.25, 0.3) is 0 Å². The molecule has 0 bridgehead atoms. The van der Waals surface area contributed by atoms with Gasteiger partial charge in [-0.05, 0) is 97.2 Å². The van der Waals surface area contributed by atoms with Crippen LogP contribution in [0.4, 0.5) is 5.69 Å². The zero-order valence-electron chi connectivity index (χ0n) is 24.3. The number of hydrogen-bond donors (Lipinski definition) is 3. The van der Waals surface area contributed by atoms with Crippen molar-refractivity contribution in [1.29, 1.82) is 0 Å². The molecule has 3 aliphatic rings. The minimum absolute atomic E-state index is 0.0475. The van der Waals surface area contributed by atoms with Crippen molar-refractivity contribution < 1.29 is 28.2 Å². The third-order valence-electron chi connectivity index (χ3n) is 9.25. The van der Waals surface area contributed by atoms with Crippen molar-refractivity contribution in [3.8, 4) is 5.75 Å². The number of sulfonamides is 1. The lowest BCUT2D eigenvalue weighted by Gasteiger charge is -2.45. The maximum atomic E-state index is 11.9. The number of benzene rings is 2. The van der Waals surface area contributed by atoms with Crippen LogP contribution < -0.4 is 14.8 Å². The van der Waals surface area contributed by atoms with E-state index in [0.717, 1.165) is 42.8 Å². The first-order valence-electron chi connectivity index (χ1n) is 14.6. The fourth-order valence-electron chi connectivity index (χ4n) is 7.07. The molecule has 228 valence electrons. The quantitative estimate of drug-likeness (QED) is 0.332. The van der Waals surface area contributed by atoms with Gasteiger partial charge >= 0.3 is 5.97 Å². The Morgan fingerprint density at radius 2 is 2.05 bits per heavy atom. The van der Waals surface area contributed by atoms with Gasteiger partial charge in [-0.25, -0.2) is 18.4 Å². The molecular formula is C32H41ClN2O6S. The minimum atomic E-state index is -3.59. The fourth-order valence-corrected chi connectivity index (χ4v) is 8.48. The molecule has 4 atom stereocenters. The topological polar surface area (TPSA) is 130 Å². The van der Waals surface area contributed by atoms with Gasteiger partial charge in [0.05, 0.1) is 29.7 Å². The number of primary sulfonamides is 1. The lowest BCUT2D eigenvalue weighted by molar-refractivity contribution is 0.0455. The molecule has 1 heterocycles. The number of aliphatic hydroxyl groups excluding tert-OH is 1. The number of aliphatic hydroxyl groups is 1. The van der Waals surface area contributed by atoms with Gasteiger partial charge in [0.2, 0.25) is 10.0 Å². The van der Waals surface area contributed by atoms with E-state index in [0.29, 0.717) is 31.9 Å². The van der Waals surface area contributed by atoms with E-state index in [-0.39, 0.29) is 28.6 Å². The van der Waals surface area contributed by atoms with E-state index in [1.165, 1.54) is 11.1 Å². The molecular weight excluding hydrogens is 576 g/mol. The molecule has 1 saturated carbocycles. The Hall–Kier alpha value is -2.59. The molecule has 1 fully saturated rings. The summed E-state index contributed by atoms with van der Waals surface area (Å²) in [6, 6.07) is 11.2. The second-order valence-corrected chi connectivity index (χ2v) is 15.2. The zero-order chi connectivity index (χ0) is 30.3. The van der Waals surface area contributed by atoms with Gasteiger partial charge < -0.3 is 19.8 Å². The Kier molecular flexibility index (Phi) is 8.69. The first-order valence-corrected chi connectivity index (χ1v) is 16.7. The smallest absolute Gasteiger partial charge is 0.335 e. The van der Waals surface area contributed by atoms with Crippen LogP contribution in [0.1, 0.15) is 67.4 Å². The van der Waals surface area contributed by atoms with Crippen LogP contribution in [-0.4, -0.2) is 56.2 Å². The van der Waals surface area contributed by atoms with E-state index in [4.69, 9.17) is 21.5 Å². The number of allylic oxidation sites excluding steroid dienone is 1. The molecule has 0 aromatic heterocycles. The molecule has 8 nitrogen and oxygen atoms in total. The monoisotopic (exact) mass is 616 g/mol. The molecule has 4 N–H and O–H groups in total. The summed E-state index contributed by atoms with van der Waals surface area (Å²) < 4.78 is 29.6. The maximum Gasteiger partial charge on any atom is 0.335 e. The van der Waals surface area contributed by atoms with Crippen LogP contribution >= 0.6 is 11.6 Å². The van der Waals surface area contributed by atoms with Gasteiger partial charge in [-0.15, -0.1) is 0 Å². The number of anilines is 1. The Morgan fingerprint density at radius 3 is 2.74 bits per heavy atom. The number of hydrogen-bond acceptors (Lipinski definition) is 6. The summed E-state index contributed by atoms with van der Waals surface area (Å²) in [5, 5.41) is 26.8. The van der Waals surface area contributed by atoms with Crippen molar-refractivity contribution in [2.24, 2.45) is 22.4 Å². The van der Waals surface area contributed by atoms with Gasteiger partial charge in [0.15, 0.2) is 0 Å². The number of aryl methyl sites for hydroxylation is 1. The summed E-state index contributed by atoms with van der Waals surface area (Å²) in [7, 11) is -3.59. The summed E-state index contributed by atoms with van der Waals surface area (Å²) in [6.07, 6.45) is 8.24. The number of carboxylic acid groups (broad SMARTS) is 1. The van der Waals surface area contributed by atoms with Crippen molar-refractivity contribution >= 4 is 33.3 Å². The number of nitrogens with zero attached hydrogens (tertiary/aromatic N) is 1. The Balaban J connectivity index is 1.39. The molecule has 1 spiro atoms. The summed E-state index contributed by atoms with van der Waals surface area (Å²) in [4.78, 5) is 14.2. The Labute approximate surface area is 253 Å². The number of carboxylic acids is 1. The lowest BCUT2D eigenvalue weighted by Crippen LogP contribution is -2.49. The van der Waals surface area contributed by atoms with Gasteiger partial charge in [-0.3, -0.25) is 0 Å². The molecule has 42 heavy (non-hydrogen) atoms. The lowest BCUT2D eigenvalue weighted by atomic mass is 9.68. The SMILES string of the molecule is CC(C)(CC=C[C@H](O)[C@@H]1CC[C@H]1CN1C[C@@]2(CCCc3cc(Cl)ccc32)COc2ccc(C(=O)O)cc21)CS(N)(=O)=O. The van der Waals surface area contributed by atoms with Crippen LogP contribution in [0.5, 0.6) is 5.75 Å². The number of halogens is 1. The molecule has 10 heteroatoms. The third kappa shape index (κ3) is 6.80. The first kappa shape index (κ1) is 30.9. The summed E-state index contributed by atoms with van der Waals surface area (Å²) in [6.45, 7) is 5.52. The highest BCUT2D eigenvalue weighted by atomic mass is 35.5. The molecule has 0 radical (unpaired) electrons. The van der Waals surface area contributed by atoms with Crippen molar-refractivity contribution in [1.82, 2.24) is 0 Å². The first-order chi connectivity index (χ1) is 19.8. The van der Waals surface area contributed by atoms with E-state index in [1.807, 2.05) is 26.0 Å². The summed E-state index contributed by atoms with van der Waals surface area (Å²) in [5.41, 5.74) is 2.66. The van der Waals surface area contributed by atoms with Crippen LogP contribution in [0.25, 0.3) is 0 Å². The van der Waals surface area contributed by atoms with Gasteiger partial charge in [-0.2, -0.15) is 0 Å². The van der Waals surface area contributed by atoms with Crippen LogP contribution in [-0.2, 0) is 21.9 Å². The standard InChI is InChI=1S/C32H41ClN2O6S/c1-31(2,20-42(34,39)40)13-4-6-28(36)25-10-7-23(25)17-35-18-32(14-3-5-21-15-24(33)9-11-26(21)32)19-41-29-12-8-22(30(37)38)16-27(29)35/h4,6,8-9,11-12,15-16,23,25,28,36H,3,5,7,10,13-14,17-20H2,1-2H3,(H,37,38)(H2,34,39,40)/t23-,25+,28-,32-/m0/s1. The van der Waals surface area contributed by atoms with E-state index >= 15 is 0 Å². The molecule has 0 saturated heterocycles. The molecule has 2 aromatic carbocycles. The third-order valence-corrected chi connectivity index (χ3v) is 10.7. The van der Waals surface area contributed by atoms with Crippen LogP contribution in [0.15, 0.2) is 48.6 Å². The van der Waals surface area contributed by atoms with Gasteiger partial charge in [-0.1, -0.05) is 43.7 Å². The largest absolute Gasteiger partial charge is 0.490 e. The average molecular weight is 617 g/mol. The summed E-state index contributed by atoms with van der Waals surface area (Å²) in [5.74, 6) is -0.190. The van der Waals surface area contributed by atoms with E-state index in [2.05, 4.69) is 17.0 Å². The van der Waals surface area contributed by atoms with E-state index in [1.54, 1.807) is 24.3 Å². The van der Waals surface area contributed by atoms with Crippen LogP contribution in [0, 0.1) is 17.3 Å². The maximum absolute atomic E-state index is 11.9. The van der Waals surface area contributed by atoms with Gasteiger partial charge in [0.1, 0.15) is 5.75 Å². The van der Waals surface area contributed by atoms with Crippen LogP contribution in [0.2, 0.25) is 5.02 Å². The van der Waals surface area contributed by atoms with Crippen molar-refractivity contribution in [2.75, 3.05) is 30.3 Å². The molecule has 0 amide bonds. The number of ether oxygens (including phenoxy) is 1. The molecule has 1 aliphatic heterocycles. The highest BCUT2D eigenvalue weighted by Gasteiger charge is 2.44. The van der Waals surface area contributed by atoms with Gasteiger partial charge in [0, 0.05) is 23.5 Å². The van der Waals surface area contributed by atoms with Crippen molar-refractivity contribution in [2.45, 2.75) is 63.9 Å². The average Bonchev–Trinajstić information content (AvgIpc) is 3.02. The zero-order valence-corrected chi connectivity index (χ0v) is 25.8. The Bertz CT molecular complexity index is 1480. The summed E-state index contributed by atoms with van der Waals surface area (Å²) >= 11 is 6.36. The molecule has 2 aromatic rings. The number of fused-ring (bicyclic) bond motifs is 3. The predicted molar refractivity (Wildman–Crippen MR) is 165 cm³/mol. The normalized spacial score (nSPS) is 24.8. The van der Waals surface area contributed by atoms with E-state index < -0.39 is 27.5 Å². The highest BCUT2D eigenvalue weighted by Crippen LogP contribution is 2.46. The second kappa shape index (κ2) is 11.8. The van der Waals surface area contributed by atoms with Crippen molar-refractivity contribution in [3.63, 3.8) is 0 Å². The molecule has 5 rings (SSSR count). The number of carbonyl (C=O) groups is 1. The minimum Gasteiger partial charge on any atom is -0.490 e. The second-order valence-electron chi connectivity index (χ2n) is 13.2. The fraction of sp³-hybridized carbons (Fsp3) is 0.531.